The third-order valence-corrected chi connectivity index (χ3v) is 4.32. The third kappa shape index (κ3) is 2.92. The van der Waals surface area contributed by atoms with Gasteiger partial charge in [-0.3, -0.25) is 9.36 Å². The van der Waals surface area contributed by atoms with E-state index in [-0.39, 0.29) is 5.56 Å². The number of nitrogens with zero attached hydrogens (tertiary/aromatic N) is 2. The van der Waals surface area contributed by atoms with Crippen LogP contribution in [-0.4, -0.2) is 29.1 Å². The minimum absolute atomic E-state index is 0.0266. The lowest BCUT2D eigenvalue weighted by atomic mass is 10.2. The van der Waals surface area contributed by atoms with Crippen molar-refractivity contribution >= 4 is 21.6 Å². The van der Waals surface area contributed by atoms with Gasteiger partial charge in [-0.05, 0) is 33.3 Å². The first kappa shape index (κ1) is 15.2. The second kappa shape index (κ2) is 6.47. The van der Waals surface area contributed by atoms with Gasteiger partial charge in [-0.1, -0.05) is 0 Å². The van der Waals surface area contributed by atoms with Crippen molar-refractivity contribution in [2.24, 2.45) is 0 Å². The number of aryl methyl sites for hydroxylation is 2. The van der Waals surface area contributed by atoms with Gasteiger partial charge in [-0.25, -0.2) is 4.98 Å². The number of fused-ring (bicyclic) bond motifs is 1. The number of rotatable bonds is 6. The molecular weight excluding hydrogens is 276 g/mol. The summed E-state index contributed by atoms with van der Waals surface area (Å²) in [5.41, 5.74) is 0.988. The van der Waals surface area contributed by atoms with Crippen LogP contribution in [0.2, 0.25) is 0 Å². The maximum absolute atomic E-state index is 12.5. The van der Waals surface area contributed by atoms with E-state index in [2.05, 4.69) is 4.98 Å². The maximum atomic E-state index is 12.5. The zero-order valence-electron chi connectivity index (χ0n) is 12.3. The van der Waals surface area contributed by atoms with Crippen LogP contribution in [0.5, 0.6) is 0 Å². The smallest absolute Gasteiger partial charge is 0.262 e. The third-order valence-electron chi connectivity index (χ3n) is 3.21. The standard InChI is InChI=1S/C14H20N2O3S/c1-5-18-11(19-6-2)7-16-8-15-13-12(14(16)17)9(3)10(4)20-13/h8,11H,5-7H2,1-4H3. The van der Waals surface area contributed by atoms with Crippen LogP contribution in [0, 0.1) is 13.8 Å². The van der Waals surface area contributed by atoms with Gasteiger partial charge < -0.3 is 9.47 Å². The Bertz CT molecular complexity index is 642. The first-order chi connectivity index (χ1) is 9.58. The Morgan fingerprint density at radius 1 is 1.30 bits per heavy atom. The zero-order valence-corrected chi connectivity index (χ0v) is 13.1. The van der Waals surface area contributed by atoms with Crippen LogP contribution < -0.4 is 5.56 Å². The van der Waals surface area contributed by atoms with Crippen molar-refractivity contribution < 1.29 is 9.47 Å². The van der Waals surface area contributed by atoms with E-state index in [9.17, 15) is 4.79 Å². The van der Waals surface area contributed by atoms with Crippen LogP contribution >= 0.6 is 11.3 Å². The predicted octanol–water partition coefficient (Wildman–Crippen LogP) is 2.47. The molecular formula is C14H20N2O3S. The molecule has 2 aromatic heterocycles. The Morgan fingerprint density at radius 3 is 2.55 bits per heavy atom. The molecule has 20 heavy (non-hydrogen) atoms. The molecule has 2 aromatic rings. The molecule has 0 aliphatic rings. The number of hydrogen-bond acceptors (Lipinski definition) is 5. The lowest BCUT2D eigenvalue weighted by Gasteiger charge is -2.17. The van der Waals surface area contributed by atoms with Crippen LogP contribution in [0.25, 0.3) is 10.2 Å². The number of aromatic nitrogens is 2. The predicted molar refractivity (Wildman–Crippen MR) is 80.4 cm³/mol. The second-order valence-corrected chi connectivity index (χ2v) is 5.71. The van der Waals surface area contributed by atoms with Crippen molar-refractivity contribution in [1.29, 1.82) is 0 Å². The van der Waals surface area contributed by atoms with E-state index >= 15 is 0 Å². The van der Waals surface area contributed by atoms with Crippen molar-refractivity contribution in [3.05, 3.63) is 27.1 Å². The molecule has 0 aliphatic heterocycles. The van der Waals surface area contributed by atoms with Crippen molar-refractivity contribution in [1.82, 2.24) is 9.55 Å². The Hall–Kier alpha value is -1.24. The summed E-state index contributed by atoms with van der Waals surface area (Å²) >= 11 is 1.55. The SMILES string of the molecule is CCOC(Cn1cnc2sc(C)c(C)c2c1=O)OCC. The Balaban J connectivity index is 2.37. The van der Waals surface area contributed by atoms with Gasteiger partial charge in [0.05, 0.1) is 18.3 Å². The largest absolute Gasteiger partial charge is 0.351 e. The molecule has 0 unspecified atom stereocenters. The highest BCUT2D eigenvalue weighted by Gasteiger charge is 2.15. The monoisotopic (exact) mass is 296 g/mol. The Kier molecular flexibility index (Phi) is 4.91. The molecule has 0 saturated heterocycles. The Morgan fingerprint density at radius 2 is 1.95 bits per heavy atom. The first-order valence-electron chi connectivity index (χ1n) is 6.76. The molecule has 0 amide bonds. The highest BCUT2D eigenvalue weighted by atomic mass is 32.1. The minimum Gasteiger partial charge on any atom is -0.351 e. The molecule has 0 spiro atoms. The van der Waals surface area contributed by atoms with Gasteiger partial charge in [0.15, 0.2) is 6.29 Å². The summed E-state index contributed by atoms with van der Waals surface area (Å²) in [5, 5.41) is 0.710. The average Bonchev–Trinajstić information content (AvgIpc) is 2.70. The molecule has 0 N–H and O–H groups in total. The lowest BCUT2D eigenvalue weighted by Crippen LogP contribution is -2.30. The van der Waals surface area contributed by atoms with Gasteiger partial charge in [0.1, 0.15) is 4.83 Å². The van der Waals surface area contributed by atoms with E-state index in [1.165, 1.54) is 0 Å². The molecule has 0 bridgehead atoms. The van der Waals surface area contributed by atoms with E-state index in [4.69, 9.17) is 9.47 Å². The fraction of sp³-hybridized carbons (Fsp3) is 0.571. The zero-order chi connectivity index (χ0) is 14.7. The van der Waals surface area contributed by atoms with Gasteiger partial charge in [0.25, 0.3) is 5.56 Å². The van der Waals surface area contributed by atoms with Crippen molar-refractivity contribution in [3.8, 4) is 0 Å². The molecule has 0 atom stereocenters. The maximum Gasteiger partial charge on any atom is 0.262 e. The van der Waals surface area contributed by atoms with Crippen LogP contribution in [0.15, 0.2) is 11.1 Å². The van der Waals surface area contributed by atoms with Crippen LogP contribution in [0.3, 0.4) is 0 Å². The molecule has 0 saturated carbocycles. The molecule has 110 valence electrons. The van der Waals surface area contributed by atoms with Gasteiger partial charge in [-0.15, -0.1) is 11.3 Å². The lowest BCUT2D eigenvalue weighted by molar-refractivity contribution is -0.144. The van der Waals surface area contributed by atoms with E-state index in [1.807, 2.05) is 27.7 Å². The van der Waals surface area contributed by atoms with Crippen molar-refractivity contribution in [3.63, 3.8) is 0 Å². The van der Waals surface area contributed by atoms with Crippen molar-refractivity contribution in [2.75, 3.05) is 13.2 Å². The van der Waals surface area contributed by atoms with Gasteiger partial charge in [0, 0.05) is 18.1 Å². The summed E-state index contributed by atoms with van der Waals surface area (Å²) < 4.78 is 12.5. The molecule has 2 rings (SSSR count). The molecule has 0 fully saturated rings. The topological polar surface area (TPSA) is 53.4 Å². The van der Waals surface area contributed by atoms with E-state index in [1.54, 1.807) is 22.2 Å². The number of hydrogen-bond donors (Lipinski definition) is 0. The number of thiophene rings is 1. The van der Waals surface area contributed by atoms with Gasteiger partial charge in [0.2, 0.25) is 0 Å². The minimum atomic E-state index is -0.415. The molecule has 5 nitrogen and oxygen atoms in total. The van der Waals surface area contributed by atoms with Crippen LogP contribution in [0.1, 0.15) is 24.3 Å². The quantitative estimate of drug-likeness (QED) is 0.768. The second-order valence-electron chi connectivity index (χ2n) is 4.51. The molecule has 0 aromatic carbocycles. The molecule has 2 heterocycles. The van der Waals surface area contributed by atoms with Crippen LogP contribution in [-0.2, 0) is 16.0 Å². The summed E-state index contributed by atoms with van der Waals surface area (Å²) in [6.07, 6.45) is 1.16. The van der Waals surface area contributed by atoms with Crippen molar-refractivity contribution in [2.45, 2.75) is 40.5 Å². The summed E-state index contributed by atoms with van der Waals surface area (Å²) in [7, 11) is 0. The van der Waals surface area contributed by atoms with E-state index < -0.39 is 6.29 Å². The fourth-order valence-electron chi connectivity index (χ4n) is 2.09. The fourth-order valence-corrected chi connectivity index (χ4v) is 3.07. The summed E-state index contributed by atoms with van der Waals surface area (Å²) in [4.78, 5) is 18.8. The Labute approximate surface area is 122 Å². The van der Waals surface area contributed by atoms with Gasteiger partial charge >= 0.3 is 0 Å². The highest BCUT2D eigenvalue weighted by Crippen LogP contribution is 2.25. The summed E-state index contributed by atoms with van der Waals surface area (Å²) in [6.45, 7) is 9.24. The molecule has 6 heteroatoms. The molecule has 0 aliphatic carbocycles. The highest BCUT2D eigenvalue weighted by molar-refractivity contribution is 7.18. The van der Waals surface area contributed by atoms with E-state index in [0.29, 0.717) is 25.1 Å². The molecule has 0 radical (unpaired) electrons. The van der Waals surface area contributed by atoms with Gasteiger partial charge in [-0.2, -0.15) is 0 Å². The normalized spacial score (nSPS) is 11.7. The van der Waals surface area contributed by atoms with E-state index in [0.717, 1.165) is 15.3 Å². The first-order valence-corrected chi connectivity index (χ1v) is 7.58. The average molecular weight is 296 g/mol. The summed E-state index contributed by atoms with van der Waals surface area (Å²) in [6, 6.07) is 0. The summed E-state index contributed by atoms with van der Waals surface area (Å²) in [5.74, 6) is 0. The van der Waals surface area contributed by atoms with Crippen LogP contribution in [0.4, 0.5) is 0 Å². The number of ether oxygens (including phenoxy) is 2.